The number of hydrogen-bond acceptors (Lipinski definition) is 5. The number of thiophene rings is 1. The van der Waals surface area contributed by atoms with E-state index in [9.17, 15) is 9.59 Å². The Morgan fingerprint density at radius 1 is 1.25 bits per heavy atom. The van der Waals surface area contributed by atoms with Gasteiger partial charge in [0.2, 0.25) is 0 Å². The van der Waals surface area contributed by atoms with Gasteiger partial charge in [-0.2, -0.15) is 0 Å². The van der Waals surface area contributed by atoms with Crippen LogP contribution in [0.25, 0.3) is 26.8 Å². The SMILES string of the molecule is CCOC(=O)c1ccc(-n2[nH]c3c(cnc4ccccc43)c2=O)s1. The first kappa shape index (κ1) is 14.6. The number of carbonyl (C=O) groups excluding carboxylic acids is 1. The number of hydrogen-bond donors (Lipinski definition) is 1. The predicted octanol–water partition coefficient (Wildman–Crippen LogP) is 3.11. The fraction of sp³-hybridized carbons (Fsp3) is 0.118. The van der Waals surface area contributed by atoms with E-state index in [2.05, 4.69) is 10.1 Å². The Balaban J connectivity index is 1.89. The van der Waals surface area contributed by atoms with Crippen molar-refractivity contribution in [2.75, 3.05) is 6.61 Å². The number of benzene rings is 1. The van der Waals surface area contributed by atoms with E-state index in [0.29, 0.717) is 21.9 Å². The van der Waals surface area contributed by atoms with Crippen LogP contribution in [0.1, 0.15) is 16.6 Å². The first-order valence-corrected chi connectivity index (χ1v) is 8.26. The van der Waals surface area contributed by atoms with E-state index >= 15 is 0 Å². The number of nitrogens with zero attached hydrogens (tertiary/aromatic N) is 2. The number of aromatic amines is 1. The lowest BCUT2D eigenvalue weighted by Crippen LogP contribution is -2.12. The van der Waals surface area contributed by atoms with Crippen LogP contribution in [-0.4, -0.2) is 27.3 Å². The second-order valence-electron chi connectivity index (χ2n) is 5.17. The fourth-order valence-corrected chi connectivity index (χ4v) is 3.48. The van der Waals surface area contributed by atoms with Crippen molar-refractivity contribution in [2.45, 2.75) is 6.92 Å². The smallest absolute Gasteiger partial charge is 0.348 e. The highest BCUT2D eigenvalue weighted by molar-refractivity contribution is 7.16. The molecule has 1 N–H and O–H groups in total. The maximum atomic E-state index is 12.7. The molecule has 0 bridgehead atoms. The largest absolute Gasteiger partial charge is 0.462 e. The van der Waals surface area contributed by atoms with Gasteiger partial charge in [-0.1, -0.05) is 18.2 Å². The summed E-state index contributed by atoms with van der Waals surface area (Å²) in [5.41, 5.74) is 1.36. The Hall–Kier alpha value is -2.93. The minimum absolute atomic E-state index is 0.194. The lowest BCUT2D eigenvalue weighted by Gasteiger charge is -1.98. The Bertz CT molecular complexity index is 1120. The zero-order valence-electron chi connectivity index (χ0n) is 12.8. The summed E-state index contributed by atoms with van der Waals surface area (Å²) in [5, 5.41) is 5.15. The van der Waals surface area contributed by atoms with Crippen LogP contribution < -0.4 is 5.56 Å². The van der Waals surface area contributed by atoms with Crippen molar-refractivity contribution in [3.05, 3.63) is 57.8 Å². The van der Waals surface area contributed by atoms with Gasteiger partial charge < -0.3 is 4.74 Å². The van der Waals surface area contributed by atoms with Crippen molar-refractivity contribution in [1.29, 1.82) is 0 Å². The second kappa shape index (κ2) is 5.61. The molecule has 120 valence electrons. The number of aromatic nitrogens is 3. The number of rotatable bonds is 3. The molecule has 7 heteroatoms. The summed E-state index contributed by atoms with van der Waals surface area (Å²) in [6.07, 6.45) is 1.58. The molecule has 3 heterocycles. The van der Waals surface area contributed by atoms with E-state index in [0.717, 1.165) is 16.4 Å². The number of nitrogens with one attached hydrogen (secondary N) is 1. The van der Waals surface area contributed by atoms with Gasteiger partial charge in [0.15, 0.2) is 0 Å². The molecule has 0 aliphatic heterocycles. The molecule has 0 atom stereocenters. The molecule has 0 saturated heterocycles. The predicted molar refractivity (Wildman–Crippen MR) is 93.0 cm³/mol. The van der Waals surface area contributed by atoms with Crippen LogP contribution in [0.4, 0.5) is 0 Å². The van der Waals surface area contributed by atoms with Crippen LogP contribution in [0.3, 0.4) is 0 Å². The molecule has 0 aliphatic carbocycles. The number of H-pyrrole nitrogens is 1. The molecular formula is C17H13N3O3S. The van der Waals surface area contributed by atoms with Crippen LogP contribution in [-0.2, 0) is 4.74 Å². The lowest BCUT2D eigenvalue weighted by atomic mass is 10.2. The molecule has 3 aromatic heterocycles. The van der Waals surface area contributed by atoms with E-state index < -0.39 is 0 Å². The van der Waals surface area contributed by atoms with E-state index in [-0.39, 0.29) is 11.5 Å². The first-order valence-electron chi connectivity index (χ1n) is 7.45. The molecule has 6 nitrogen and oxygen atoms in total. The van der Waals surface area contributed by atoms with Gasteiger partial charge in [0.25, 0.3) is 5.56 Å². The third-order valence-electron chi connectivity index (χ3n) is 3.72. The van der Waals surface area contributed by atoms with Gasteiger partial charge >= 0.3 is 5.97 Å². The van der Waals surface area contributed by atoms with E-state index in [4.69, 9.17) is 4.74 Å². The molecule has 4 rings (SSSR count). The average Bonchev–Trinajstić information content (AvgIpc) is 3.20. The minimum Gasteiger partial charge on any atom is -0.462 e. The molecule has 0 aliphatic rings. The van der Waals surface area contributed by atoms with Gasteiger partial charge in [0, 0.05) is 11.6 Å². The van der Waals surface area contributed by atoms with Crippen molar-refractivity contribution >= 4 is 39.1 Å². The number of para-hydroxylation sites is 1. The minimum atomic E-state index is -0.384. The molecular weight excluding hydrogens is 326 g/mol. The van der Waals surface area contributed by atoms with Gasteiger partial charge in [-0.15, -0.1) is 11.3 Å². The van der Waals surface area contributed by atoms with Crippen molar-refractivity contribution in [3.63, 3.8) is 0 Å². The topological polar surface area (TPSA) is 77.0 Å². The average molecular weight is 339 g/mol. The van der Waals surface area contributed by atoms with Crippen LogP contribution in [0.5, 0.6) is 0 Å². The molecule has 0 fully saturated rings. The summed E-state index contributed by atoms with van der Waals surface area (Å²) in [6, 6.07) is 11.0. The number of fused-ring (bicyclic) bond motifs is 3. The third kappa shape index (κ3) is 2.21. The molecule has 1 aromatic carbocycles. The molecule has 24 heavy (non-hydrogen) atoms. The second-order valence-corrected chi connectivity index (χ2v) is 6.24. The Morgan fingerprint density at radius 3 is 2.92 bits per heavy atom. The fourth-order valence-electron chi connectivity index (χ4n) is 2.62. The zero-order valence-corrected chi connectivity index (χ0v) is 13.6. The maximum absolute atomic E-state index is 12.7. The maximum Gasteiger partial charge on any atom is 0.348 e. The number of ether oxygens (including phenoxy) is 1. The van der Waals surface area contributed by atoms with Crippen LogP contribution in [0.15, 0.2) is 47.4 Å². The quantitative estimate of drug-likeness (QED) is 0.582. The standard InChI is InChI=1S/C17H13N3O3S/c1-2-23-17(22)13-7-8-14(24-13)20-16(21)11-9-18-12-6-4-3-5-10(12)15(11)19-20/h3-9,19H,2H2,1H3. The molecule has 4 aromatic rings. The zero-order chi connectivity index (χ0) is 16.7. The van der Waals surface area contributed by atoms with Gasteiger partial charge in [-0.3, -0.25) is 14.9 Å². The summed E-state index contributed by atoms with van der Waals surface area (Å²) in [6.45, 7) is 2.07. The van der Waals surface area contributed by atoms with E-state index in [1.807, 2.05) is 24.3 Å². The number of esters is 1. The molecule has 0 saturated carbocycles. The number of carbonyl (C=O) groups is 1. The van der Waals surface area contributed by atoms with Crippen molar-refractivity contribution in [2.24, 2.45) is 0 Å². The highest BCUT2D eigenvalue weighted by Gasteiger charge is 2.15. The van der Waals surface area contributed by atoms with Crippen LogP contribution in [0.2, 0.25) is 0 Å². The highest BCUT2D eigenvalue weighted by atomic mass is 32.1. The van der Waals surface area contributed by atoms with Gasteiger partial charge in [-0.05, 0) is 25.1 Å². The summed E-state index contributed by atoms with van der Waals surface area (Å²) in [5.74, 6) is -0.384. The Morgan fingerprint density at radius 2 is 2.08 bits per heavy atom. The summed E-state index contributed by atoms with van der Waals surface area (Å²) < 4.78 is 6.42. The van der Waals surface area contributed by atoms with E-state index in [1.165, 1.54) is 16.0 Å². The molecule has 0 spiro atoms. The van der Waals surface area contributed by atoms with Crippen LogP contribution in [0, 0.1) is 0 Å². The van der Waals surface area contributed by atoms with Gasteiger partial charge in [-0.25, -0.2) is 9.48 Å². The Labute approximate surface area is 140 Å². The molecule has 0 amide bonds. The summed E-state index contributed by atoms with van der Waals surface area (Å²) in [7, 11) is 0. The normalized spacial score (nSPS) is 11.2. The van der Waals surface area contributed by atoms with Crippen molar-refractivity contribution < 1.29 is 9.53 Å². The van der Waals surface area contributed by atoms with Crippen LogP contribution >= 0.6 is 11.3 Å². The third-order valence-corrected chi connectivity index (χ3v) is 4.77. The van der Waals surface area contributed by atoms with Gasteiger partial charge in [0.05, 0.1) is 23.0 Å². The summed E-state index contributed by atoms with van der Waals surface area (Å²) in [4.78, 5) is 29.3. The Kier molecular flexibility index (Phi) is 3.42. The number of pyridine rings is 1. The lowest BCUT2D eigenvalue weighted by molar-refractivity contribution is 0.0532. The van der Waals surface area contributed by atoms with E-state index in [1.54, 1.807) is 25.3 Å². The molecule has 0 radical (unpaired) electrons. The first-order chi connectivity index (χ1) is 11.7. The molecule has 0 unspecified atom stereocenters. The van der Waals surface area contributed by atoms with Crippen molar-refractivity contribution in [1.82, 2.24) is 14.8 Å². The van der Waals surface area contributed by atoms with Gasteiger partial charge in [0.1, 0.15) is 9.88 Å². The monoisotopic (exact) mass is 339 g/mol. The summed E-state index contributed by atoms with van der Waals surface area (Å²) >= 11 is 1.21. The highest BCUT2D eigenvalue weighted by Crippen LogP contribution is 2.24. The van der Waals surface area contributed by atoms with Crippen molar-refractivity contribution in [3.8, 4) is 5.00 Å².